The number of amides is 2. The maximum Gasteiger partial charge on any atom is 0.243 e. The predicted octanol–water partition coefficient (Wildman–Crippen LogP) is 3.99. The van der Waals surface area contributed by atoms with E-state index in [1.807, 2.05) is 0 Å². The van der Waals surface area contributed by atoms with E-state index in [4.69, 9.17) is 0 Å². The molecule has 6 heteroatoms. The number of anilines is 1. The van der Waals surface area contributed by atoms with Gasteiger partial charge in [0.2, 0.25) is 11.8 Å². The second kappa shape index (κ2) is 10.7. The van der Waals surface area contributed by atoms with Gasteiger partial charge in [0.15, 0.2) is 0 Å². The van der Waals surface area contributed by atoms with E-state index in [0.29, 0.717) is 17.5 Å². The molecule has 0 spiro atoms. The van der Waals surface area contributed by atoms with Crippen molar-refractivity contribution in [1.82, 2.24) is 10.6 Å². The Kier molecular flexibility index (Phi) is 8.34. The van der Waals surface area contributed by atoms with Crippen molar-refractivity contribution < 1.29 is 14.0 Å². The zero-order chi connectivity index (χ0) is 21.4. The third-order valence-electron chi connectivity index (χ3n) is 4.69. The molecule has 0 saturated carbocycles. The fraction of sp³-hybridized carbons (Fsp3) is 0.391. The van der Waals surface area contributed by atoms with Crippen molar-refractivity contribution in [2.75, 3.05) is 18.4 Å². The van der Waals surface area contributed by atoms with E-state index in [9.17, 15) is 14.0 Å². The molecule has 3 N–H and O–H groups in total. The molecule has 0 unspecified atom stereocenters. The quantitative estimate of drug-likeness (QED) is 0.597. The van der Waals surface area contributed by atoms with Gasteiger partial charge >= 0.3 is 0 Å². The lowest BCUT2D eigenvalue weighted by Crippen LogP contribution is -2.40. The monoisotopic (exact) mass is 399 g/mol. The van der Waals surface area contributed by atoms with Crippen LogP contribution in [0.1, 0.15) is 50.8 Å². The minimum Gasteiger partial charge on any atom is -0.346 e. The molecule has 2 rings (SSSR count). The summed E-state index contributed by atoms with van der Waals surface area (Å²) in [5, 5.41) is 8.48. The molecule has 1 atom stereocenters. The third kappa shape index (κ3) is 7.31. The fourth-order valence-corrected chi connectivity index (χ4v) is 3.01. The Balaban J connectivity index is 1.82. The van der Waals surface area contributed by atoms with Gasteiger partial charge in [0.1, 0.15) is 5.82 Å². The number of halogens is 1. The Morgan fingerprint density at radius 2 is 1.41 bits per heavy atom. The number of hydrogen-bond acceptors (Lipinski definition) is 3. The van der Waals surface area contributed by atoms with Crippen LogP contribution in [-0.4, -0.2) is 24.9 Å². The lowest BCUT2D eigenvalue weighted by Gasteiger charge is -2.23. The fourth-order valence-electron chi connectivity index (χ4n) is 3.01. The molecule has 2 aromatic rings. The van der Waals surface area contributed by atoms with Gasteiger partial charge in [0, 0.05) is 11.7 Å². The van der Waals surface area contributed by atoms with Gasteiger partial charge in [0.25, 0.3) is 0 Å². The predicted molar refractivity (Wildman–Crippen MR) is 114 cm³/mol. The first-order valence-electron chi connectivity index (χ1n) is 9.91. The Hall–Kier alpha value is -2.73. The van der Waals surface area contributed by atoms with Gasteiger partial charge in [-0.25, -0.2) is 4.39 Å². The van der Waals surface area contributed by atoms with Crippen LogP contribution in [-0.2, 0) is 9.59 Å². The minimum atomic E-state index is -0.374. The molecular weight excluding hydrogens is 369 g/mol. The summed E-state index contributed by atoms with van der Waals surface area (Å²) >= 11 is 0. The van der Waals surface area contributed by atoms with Crippen molar-refractivity contribution >= 4 is 17.5 Å². The second-order valence-electron chi connectivity index (χ2n) is 7.76. The van der Waals surface area contributed by atoms with Crippen molar-refractivity contribution in [3.8, 4) is 0 Å². The minimum absolute atomic E-state index is 0.0370. The Bertz CT molecular complexity index is 802. The van der Waals surface area contributed by atoms with Gasteiger partial charge in [-0.2, -0.15) is 0 Å². The van der Waals surface area contributed by atoms with Crippen molar-refractivity contribution in [3.05, 3.63) is 65.5 Å². The first-order chi connectivity index (χ1) is 13.8. The summed E-state index contributed by atoms with van der Waals surface area (Å²) in [7, 11) is 0. The zero-order valence-electron chi connectivity index (χ0n) is 17.5. The number of carbonyl (C=O) groups excluding carboxylic acids is 2. The number of nitrogens with one attached hydrogen (secondary N) is 3. The summed E-state index contributed by atoms with van der Waals surface area (Å²) in [5.74, 6) is -0.227. The normalized spacial score (nSPS) is 12.1. The Morgan fingerprint density at radius 3 is 1.97 bits per heavy atom. The van der Waals surface area contributed by atoms with Gasteiger partial charge in [0.05, 0.1) is 13.1 Å². The Morgan fingerprint density at radius 1 is 0.828 bits per heavy atom. The van der Waals surface area contributed by atoms with E-state index in [0.717, 1.165) is 5.56 Å². The maximum absolute atomic E-state index is 12.9. The van der Waals surface area contributed by atoms with Crippen LogP contribution in [0, 0.1) is 11.7 Å². The first-order valence-corrected chi connectivity index (χ1v) is 9.91. The van der Waals surface area contributed by atoms with E-state index >= 15 is 0 Å². The van der Waals surface area contributed by atoms with Crippen molar-refractivity contribution in [1.29, 1.82) is 0 Å². The van der Waals surface area contributed by atoms with Crippen LogP contribution in [0.5, 0.6) is 0 Å². The summed E-state index contributed by atoms with van der Waals surface area (Å²) in [6, 6.07) is 13.9. The van der Waals surface area contributed by atoms with Crippen LogP contribution in [0.2, 0.25) is 0 Å². The highest BCUT2D eigenvalue weighted by molar-refractivity contribution is 5.94. The van der Waals surface area contributed by atoms with E-state index < -0.39 is 0 Å². The van der Waals surface area contributed by atoms with Gasteiger partial charge in [-0.1, -0.05) is 52.0 Å². The molecular formula is C23H30FN3O2. The van der Waals surface area contributed by atoms with Gasteiger partial charge in [-0.05, 0) is 47.2 Å². The largest absolute Gasteiger partial charge is 0.346 e. The molecule has 0 aromatic heterocycles. The lowest BCUT2D eigenvalue weighted by atomic mass is 9.93. The van der Waals surface area contributed by atoms with Crippen LogP contribution in [0.25, 0.3) is 0 Å². The second-order valence-corrected chi connectivity index (χ2v) is 7.76. The smallest absolute Gasteiger partial charge is 0.243 e. The van der Waals surface area contributed by atoms with Crippen molar-refractivity contribution in [2.24, 2.45) is 5.92 Å². The average molecular weight is 400 g/mol. The molecule has 5 nitrogen and oxygen atoms in total. The van der Waals surface area contributed by atoms with E-state index in [-0.39, 0.29) is 36.8 Å². The standard InChI is InChI=1S/C23H30FN3O2/c1-15(2)17-5-7-18(8-6-17)23(16(3)4)26-13-21(28)25-14-22(29)27-20-11-9-19(24)10-12-20/h5-12,15-16,23,26H,13-14H2,1-4H3,(H,25,28)(H,27,29)/t23-/m1/s1. The first kappa shape index (κ1) is 22.6. The number of rotatable bonds is 9. The van der Waals surface area contributed by atoms with Gasteiger partial charge in [-0.15, -0.1) is 0 Å². The van der Waals surface area contributed by atoms with E-state index in [2.05, 4.69) is 67.9 Å². The highest BCUT2D eigenvalue weighted by Gasteiger charge is 2.17. The molecule has 29 heavy (non-hydrogen) atoms. The highest BCUT2D eigenvalue weighted by atomic mass is 19.1. The topological polar surface area (TPSA) is 70.2 Å². The molecule has 0 heterocycles. The van der Waals surface area contributed by atoms with E-state index in [1.54, 1.807) is 0 Å². The summed E-state index contributed by atoms with van der Waals surface area (Å²) in [6.45, 7) is 8.48. The summed E-state index contributed by atoms with van der Waals surface area (Å²) in [5.41, 5.74) is 2.89. The molecule has 156 valence electrons. The number of hydrogen-bond donors (Lipinski definition) is 3. The molecule has 2 aromatic carbocycles. The molecule has 0 saturated heterocycles. The Labute approximate surface area is 172 Å². The van der Waals surface area contributed by atoms with Crippen molar-refractivity contribution in [3.63, 3.8) is 0 Å². The molecule has 0 aliphatic rings. The van der Waals surface area contributed by atoms with E-state index in [1.165, 1.54) is 29.8 Å². The summed E-state index contributed by atoms with van der Waals surface area (Å²) in [6.07, 6.45) is 0. The average Bonchev–Trinajstić information content (AvgIpc) is 2.68. The third-order valence-corrected chi connectivity index (χ3v) is 4.69. The molecule has 2 amide bonds. The SMILES string of the molecule is CC(C)c1ccc([C@H](NCC(=O)NCC(=O)Nc2ccc(F)cc2)C(C)C)cc1. The lowest BCUT2D eigenvalue weighted by molar-refractivity contribution is -0.123. The summed E-state index contributed by atoms with van der Waals surface area (Å²) < 4.78 is 12.9. The van der Waals surface area contributed by atoms with Crippen LogP contribution < -0.4 is 16.0 Å². The molecule has 0 radical (unpaired) electrons. The highest BCUT2D eigenvalue weighted by Crippen LogP contribution is 2.23. The number of benzene rings is 2. The van der Waals surface area contributed by atoms with Crippen LogP contribution in [0.4, 0.5) is 10.1 Å². The van der Waals surface area contributed by atoms with Crippen LogP contribution >= 0.6 is 0 Å². The maximum atomic E-state index is 12.9. The molecule has 0 aliphatic carbocycles. The number of carbonyl (C=O) groups is 2. The van der Waals surface area contributed by atoms with Gasteiger partial charge < -0.3 is 16.0 Å². The molecule has 0 aliphatic heterocycles. The zero-order valence-corrected chi connectivity index (χ0v) is 17.5. The molecule has 0 fully saturated rings. The van der Waals surface area contributed by atoms with Crippen LogP contribution in [0.15, 0.2) is 48.5 Å². The van der Waals surface area contributed by atoms with Gasteiger partial charge in [-0.3, -0.25) is 9.59 Å². The van der Waals surface area contributed by atoms with Crippen LogP contribution in [0.3, 0.4) is 0 Å². The molecule has 0 bridgehead atoms. The summed E-state index contributed by atoms with van der Waals surface area (Å²) in [4.78, 5) is 24.1. The van der Waals surface area contributed by atoms with Crippen molar-refractivity contribution in [2.45, 2.75) is 39.7 Å².